The Morgan fingerprint density at radius 3 is 2.43 bits per heavy atom. The molecule has 2 rings (SSSR count). The summed E-state index contributed by atoms with van der Waals surface area (Å²) in [6.07, 6.45) is 0. The Hall–Kier alpha value is -2.51. The molecular weight excluding hydrogens is 264 g/mol. The molecule has 21 heavy (non-hydrogen) atoms. The smallest absolute Gasteiger partial charge is 0.174 e. The monoisotopic (exact) mass is 282 g/mol. The minimum absolute atomic E-state index is 0.0586. The van der Waals surface area contributed by atoms with Crippen LogP contribution >= 0.6 is 0 Å². The standard InChI is InChI=1S/C17H18N2O2/c1-20-13-17(14-5-3-2-4-6-14)19-15-7-9-16(10-8-15)21-12-11-18/h2-10,17,19H,12-13H2,1H3. The number of rotatable bonds is 7. The molecule has 1 unspecified atom stereocenters. The quantitative estimate of drug-likeness (QED) is 0.845. The van der Waals surface area contributed by atoms with Gasteiger partial charge >= 0.3 is 0 Å². The Balaban J connectivity index is 2.05. The molecule has 0 aliphatic rings. The molecule has 0 bridgehead atoms. The number of hydrogen-bond acceptors (Lipinski definition) is 4. The Kier molecular flexibility index (Phi) is 5.62. The highest BCUT2D eigenvalue weighted by molar-refractivity contribution is 5.48. The van der Waals surface area contributed by atoms with Gasteiger partial charge in [-0.2, -0.15) is 5.26 Å². The van der Waals surface area contributed by atoms with Crippen molar-refractivity contribution >= 4 is 5.69 Å². The summed E-state index contributed by atoms with van der Waals surface area (Å²) in [5, 5.41) is 11.9. The first-order valence-electron chi connectivity index (χ1n) is 6.73. The highest BCUT2D eigenvalue weighted by Gasteiger charge is 2.10. The van der Waals surface area contributed by atoms with Crippen molar-refractivity contribution in [3.05, 3.63) is 60.2 Å². The van der Waals surface area contributed by atoms with Crippen LogP contribution in [-0.2, 0) is 4.74 Å². The molecule has 108 valence electrons. The SMILES string of the molecule is COCC(Nc1ccc(OCC#N)cc1)c1ccccc1. The predicted molar refractivity (Wildman–Crippen MR) is 82.2 cm³/mol. The van der Waals surface area contributed by atoms with Gasteiger partial charge in [0, 0.05) is 12.8 Å². The van der Waals surface area contributed by atoms with Crippen molar-refractivity contribution in [2.45, 2.75) is 6.04 Å². The van der Waals surface area contributed by atoms with Gasteiger partial charge in [-0.1, -0.05) is 30.3 Å². The molecule has 4 heteroatoms. The number of hydrogen-bond donors (Lipinski definition) is 1. The number of benzene rings is 2. The van der Waals surface area contributed by atoms with Gasteiger partial charge in [0.15, 0.2) is 6.61 Å². The fourth-order valence-electron chi connectivity index (χ4n) is 2.04. The van der Waals surface area contributed by atoms with Crippen LogP contribution in [-0.4, -0.2) is 20.3 Å². The molecule has 0 heterocycles. The van der Waals surface area contributed by atoms with Gasteiger partial charge in [-0.05, 0) is 29.8 Å². The first-order valence-corrected chi connectivity index (χ1v) is 6.73. The van der Waals surface area contributed by atoms with Crippen molar-refractivity contribution in [1.82, 2.24) is 0 Å². The second-order valence-electron chi connectivity index (χ2n) is 4.53. The molecule has 0 radical (unpaired) electrons. The lowest BCUT2D eigenvalue weighted by Crippen LogP contribution is -2.16. The zero-order valence-electron chi connectivity index (χ0n) is 12.0. The third-order valence-corrected chi connectivity index (χ3v) is 3.03. The van der Waals surface area contributed by atoms with Crippen LogP contribution in [0, 0.1) is 11.3 Å². The molecule has 1 N–H and O–H groups in total. The number of nitrogens with one attached hydrogen (secondary N) is 1. The summed E-state index contributed by atoms with van der Waals surface area (Å²) in [5.41, 5.74) is 2.15. The molecule has 0 aliphatic heterocycles. The molecule has 0 saturated heterocycles. The summed E-state index contributed by atoms with van der Waals surface area (Å²) in [7, 11) is 1.69. The Morgan fingerprint density at radius 2 is 1.81 bits per heavy atom. The number of nitrogens with zero attached hydrogens (tertiary/aromatic N) is 1. The Bertz CT molecular complexity index is 576. The fourth-order valence-corrected chi connectivity index (χ4v) is 2.04. The second-order valence-corrected chi connectivity index (χ2v) is 4.53. The summed E-state index contributed by atoms with van der Waals surface area (Å²) in [6.45, 7) is 0.639. The van der Waals surface area contributed by atoms with Crippen molar-refractivity contribution in [1.29, 1.82) is 5.26 Å². The number of methoxy groups -OCH3 is 1. The van der Waals surface area contributed by atoms with Crippen LogP contribution in [0.4, 0.5) is 5.69 Å². The average Bonchev–Trinajstić information content (AvgIpc) is 2.54. The maximum atomic E-state index is 8.48. The van der Waals surface area contributed by atoms with E-state index < -0.39 is 0 Å². The van der Waals surface area contributed by atoms with Crippen LogP contribution in [0.2, 0.25) is 0 Å². The number of ether oxygens (including phenoxy) is 2. The molecule has 1 atom stereocenters. The first kappa shape index (κ1) is 14.9. The van der Waals surface area contributed by atoms with E-state index in [1.807, 2.05) is 48.5 Å². The molecule has 0 aliphatic carbocycles. The maximum absolute atomic E-state index is 8.48. The fraction of sp³-hybridized carbons (Fsp3) is 0.235. The lowest BCUT2D eigenvalue weighted by Gasteiger charge is -2.19. The van der Waals surface area contributed by atoms with Gasteiger partial charge in [0.05, 0.1) is 12.6 Å². The van der Waals surface area contributed by atoms with E-state index in [1.54, 1.807) is 7.11 Å². The van der Waals surface area contributed by atoms with E-state index in [0.717, 1.165) is 5.69 Å². The molecular formula is C17H18N2O2. The zero-order valence-corrected chi connectivity index (χ0v) is 12.0. The molecule has 0 amide bonds. The van der Waals surface area contributed by atoms with Gasteiger partial charge in [-0.25, -0.2) is 0 Å². The first-order chi connectivity index (χ1) is 10.3. The van der Waals surface area contributed by atoms with Crippen LogP contribution in [0.1, 0.15) is 11.6 Å². The minimum Gasteiger partial charge on any atom is -0.479 e. The van der Waals surface area contributed by atoms with E-state index in [1.165, 1.54) is 5.56 Å². The largest absolute Gasteiger partial charge is 0.479 e. The number of anilines is 1. The van der Waals surface area contributed by atoms with Gasteiger partial charge in [0.1, 0.15) is 11.8 Å². The molecule has 0 saturated carbocycles. The summed E-state index contributed by atoms with van der Waals surface area (Å²) >= 11 is 0. The van der Waals surface area contributed by atoms with Gasteiger partial charge in [-0.3, -0.25) is 0 Å². The zero-order chi connectivity index (χ0) is 14.9. The summed E-state index contributed by atoms with van der Waals surface area (Å²) in [5.74, 6) is 0.685. The molecule has 2 aromatic carbocycles. The van der Waals surface area contributed by atoms with Crippen LogP contribution in [0.15, 0.2) is 54.6 Å². The third-order valence-electron chi connectivity index (χ3n) is 3.03. The Morgan fingerprint density at radius 1 is 1.10 bits per heavy atom. The van der Waals surface area contributed by atoms with E-state index in [-0.39, 0.29) is 12.6 Å². The molecule has 4 nitrogen and oxygen atoms in total. The molecule has 0 aromatic heterocycles. The maximum Gasteiger partial charge on any atom is 0.174 e. The van der Waals surface area contributed by atoms with Gasteiger partial charge in [0.25, 0.3) is 0 Å². The highest BCUT2D eigenvalue weighted by Crippen LogP contribution is 2.22. The summed E-state index contributed by atoms with van der Waals surface area (Å²) < 4.78 is 10.5. The number of nitriles is 1. The molecule has 0 spiro atoms. The van der Waals surface area contributed by atoms with Crippen LogP contribution < -0.4 is 10.1 Å². The summed E-state index contributed by atoms with van der Waals surface area (Å²) in [6, 6.07) is 19.7. The van der Waals surface area contributed by atoms with Crippen molar-refractivity contribution in [2.75, 3.05) is 25.6 Å². The van der Waals surface area contributed by atoms with E-state index in [2.05, 4.69) is 17.4 Å². The normalized spacial score (nSPS) is 11.4. The van der Waals surface area contributed by atoms with Gasteiger partial charge in [0.2, 0.25) is 0 Å². The minimum atomic E-state index is 0.0586. The lowest BCUT2D eigenvalue weighted by atomic mass is 10.1. The van der Waals surface area contributed by atoms with E-state index in [0.29, 0.717) is 12.4 Å². The second kappa shape index (κ2) is 7.93. The van der Waals surface area contributed by atoms with Gasteiger partial charge < -0.3 is 14.8 Å². The van der Waals surface area contributed by atoms with E-state index in [4.69, 9.17) is 14.7 Å². The van der Waals surface area contributed by atoms with Crippen LogP contribution in [0.5, 0.6) is 5.75 Å². The lowest BCUT2D eigenvalue weighted by molar-refractivity contribution is 0.186. The van der Waals surface area contributed by atoms with Crippen LogP contribution in [0.25, 0.3) is 0 Å². The summed E-state index contributed by atoms with van der Waals surface area (Å²) in [4.78, 5) is 0. The Labute approximate surface area is 124 Å². The van der Waals surface area contributed by atoms with Gasteiger partial charge in [-0.15, -0.1) is 0 Å². The molecule has 2 aromatic rings. The van der Waals surface area contributed by atoms with Crippen molar-refractivity contribution in [2.24, 2.45) is 0 Å². The van der Waals surface area contributed by atoms with Crippen molar-refractivity contribution in [3.63, 3.8) is 0 Å². The molecule has 0 fully saturated rings. The van der Waals surface area contributed by atoms with E-state index in [9.17, 15) is 0 Å². The predicted octanol–water partition coefficient (Wildman–Crippen LogP) is 3.39. The van der Waals surface area contributed by atoms with Crippen molar-refractivity contribution < 1.29 is 9.47 Å². The topological polar surface area (TPSA) is 54.3 Å². The third kappa shape index (κ3) is 4.51. The van der Waals surface area contributed by atoms with Crippen LogP contribution in [0.3, 0.4) is 0 Å². The highest BCUT2D eigenvalue weighted by atomic mass is 16.5. The average molecular weight is 282 g/mol. The van der Waals surface area contributed by atoms with Crippen molar-refractivity contribution in [3.8, 4) is 11.8 Å². The van der Waals surface area contributed by atoms with E-state index >= 15 is 0 Å².